The van der Waals surface area contributed by atoms with Gasteiger partial charge in [0, 0.05) is 42.2 Å². The number of hydrogen-bond acceptors (Lipinski definition) is 4. The number of nitrogens with zero attached hydrogens (tertiary/aromatic N) is 2. The molecule has 5 rings (SSSR count). The van der Waals surface area contributed by atoms with E-state index in [1.807, 2.05) is 45.9 Å². The maximum absolute atomic E-state index is 13.1. The maximum Gasteiger partial charge on any atom is 0.289 e. The Morgan fingerprint density at radius 2 is 1.86 bits per heavy atom. The van der Waals surface area contributed by atoms with E-state index < -0.39 is 0 Å². The summed E-state index contributed by atoms with van der Waals surface area (Å²) in [5.74, 6) is 2.37. The number of piperidine rings is 1. The van der Waals surface area contributed by atoms with Crippen molar-refractivity contribution in [3.63, 3.8) is 0 Å². The molecule has 2 aliphatic rings. The molecule has 2 aromatic heterocycles. The lowest BCUT2D eigenvalue weighted by Crippen LogP contribution is -2.49. The summed E-state index contributed by atoms with van der Waals surface area (Å²) in [6, 6.07) is 19.3. The van der Waals surface area contributed by atoms with Gasteiger partial charge in [-0.2, -0.15) is 0 Å². The molecule has 5 nitrogen and oxygen atoms in total. The van der Waals surface area contributed by atoms with E-state index in [0.29, 0.717) is 37.1 Å². The van der Waals surface area contributed by atoms with Crippen LogP contribution in [0.15, 0.2) is 74.8 Å². The summed E-state index contributed by atoms with van der Waals surface area (Å²) in [7, 11) is 0. The fourth-order valence-corrected chi connectivity index (χ4v) is 5.27. The van der Waals surface area contributed by atoms with E-state index in [2.05, 4.69) is 12.1 Å². The van der Waals surface area contributed by atoms with Crippen LogP contribution >= 0.6 is 11.8 Å². The first kappa shape index (κ1) is 18.3. The molecule has 2 atom stereocenters. The number of likely N-dealkylation sites (tertiary alicyclic amines) is 1. The zero-order valence-electron chi connectivity index (χ0n) is 16.0. The third kappa shape index (κ3) is 3.65. The van der Waals surface area contributed by atoms with Gasteiger partial charge < -0.3 is 13.9 Å². The average molecular weight is 407 g/mol. The van der Waals surface area contributed by atoms with Crippen molar-refractivity contribution in [1.29, 1.82) is 0 Å². The monoisotopic (exact) mass is 406 g/mol. The highest BCUT2D eigenvalue weighted by atomic mass is 32.2. The number of aromatic nitrogens is 1. The molecule has 1 saturated heterocycles. The third-order valence-electron chi connectivity index (χ3n) is 5.76. The van der Waals surface area contributed by atoms with Gasteiger partial charge in [-0.25, -0.2) is 0 Å². The molecule has 2 bridgehead atoms. The van der Waals surface area contributed by atoms with Crippen LogP contribution < -0.4 is 5.56 Å². The quantitative estimate of drug-likeness (QED) is 0.615. The predicted octanol–water partition coefficient (Wildman–Crippen LogP) is 3.99. The van der Waals surface area contributed by atoms with Gasteiger partial charge in [-0.3, -0.25) is 9.59 Å². The molecular weight excluding hydrogens is 384 g/mol. The highest BCUT2D eigenvalue weighted by molar-refractivity contribution is 7.98. The largest absolute Gasteiger partial charge is 0.455 e. The van der Waals surface area contributed by atoms with Gasteiger partial charge in [0.2, 0.25) is 0 Å². The molecule has 0 radical (unpaired) electrons. The van der Waals surface area contributed by atoms with E-state index in [1.165, 1.54) is 4.90 Å². The number of thioether (sulfide) groups is 1. The summed E-state index contributed by atoms with van der Waals surface area (Å²) >= 11 is 1.69. The first-order valence-electron chi connectivity index (χ1n) is 9.93. The van der Waals surface area contributed by atoms with Crippen molar-refractivity contribution in [1.82, 2.24) is 9.47 Å². The molecule has 0 N–H and O–H groups in total. The van der Waals surface area contributed by atoms with Gasteiger partial charge >= 0.3 is 0 Å². The van der Waals surface area contributed by atoms with Gasteiger partial charge in [-0.15, -0.1) is 11.8 Å². The molecule has 1 amide bonds. The summed E-state index contributed by atoms with van der Waals surface area (Å²) in [6.07, 6.45) is 1.03. The van der Waals surface area contributed by atoms with E-state index in [-0.39, 0.29) is 17.4 Å². The van der Waals surface area contributed by atoms with E-state index in [9.17, 15) is 9.59 Å². The Kier molecular flexibility index (Phi) is 4.79. The van der Waals surface area contributed by atoms with Crippen molar-refractivity contribution in [3.05, 3.63) is 88.2 Å². The van der Waals surface area contributed by atoms with Gasteiger partial charge in [0.05, 0.1) is 5.75 Å². The summed E-state index contributed by atoms with van der Waals surface area (Å²) in [5, 5.41) is 0. The average Bonchev–Trinajstić information content (AvgIpc) is 3.22. The molecule has 29 heavy (non-hydrogen) atoms. The highest BCUT2D eigenvalue weighted by Gasteiger charge is 2.37. The van der Waals surface area contributed by atoms with Crippen LogP contribution in [0.1, 0.15) is 34.3 Å². The zero-order valence-corrected chi connectivity index (χ0v) is 16.8. The Balaban J connectivity index is 1.28. The lowest BCUT2D eigenvalue weighted by atomic mass is 9.83. The Labute approximate surface area is 173 Å². The topological polar surface area (TPSA) is 55.5 Å². The van der Waals surface area contributed by atoms with Crippen molar-refractivity contribution < 1.29 is 9.21 Å². The van der Waals surface area contributed by atoms with Crippen molar-refractivity contribution in [3.8, 4) is 0 Å². The van der Waals surface area contributed by atoms with E-state index >= 15 is 0 Å². The number of benzene rings is 1. The Morgan fingerprint density at radius 1 is 1.00 bits per heavy atom. The van der Waals surface area contributed by atoms with Crippen molar-refractivity contribution >= 4 is 17.7 Å². The minimum atomic E-state index is -0.0533. The van der Waals surface area contributed by atoms with Crippen LogP contribution in [0.2, 0.25) is 0 Å². The molecule has 1 aromatic carbocycles. The second-order valence-electron chi connectivity index (χ2n) is 7.78. The molecular formula is C23H22N2O3S. The molecule has 0 saturated carbocycles. The number of fused-ring (bicyclic) bond motifs is 4. The van der Waals surface area contributed by atoms with Crippen LogP contribution in [0.4, 0.5) is 0 Å². The molecule has 6 heteroatoms. The normalized spacial score (nSPS) is 20.3. The Hall–Kier alpha value is -2.73. The van der Waals surface area contributed by atoms with Crippen molar-refractivity contribution in [2.24, 2.45) is 5.92 Å². The Bertz CT molecular complexity index is 1090. The number of rotatable bonds is 4. The number of hydrogen-bond donors (Lipinski definition) is 0. The van der Waals surface area contributed by atoms with E-state index in [1.54, 1.807) is 23.9 Å². The highest BCUT2D eigenvalue weighted by Crippen LogP contribution is 2.35. The molecule has 0 spiro atoms. The van der Waals surface area contributed by atoms with Crippen LogP contribution in [-0.4, -0.2) is 28.5 Å². The van der Waals surface area contributed by atoms with Crippen LogP contribution in [0, 0.1) is 5.92 Å². The van der Waals surface area contributed by atoms with Gasteiger partial charge in [-0.05, 0) is 42.7 Å². The third-order valence-corrected chi connectivity index (χ3v) is 6.80. The van der Waals surface area contributed by atoms with Crippen molar-refractivity contribution in [2.45, 2.75) is 29.5 Å². The zero-order chi connectivity index (χ0) is 19.8. The van der Waals surface area contributed by atoms with Gasteiger partial charge in [0.1, 0.15) is 5.76 Å². The number of carbonyl (C=O) groups excluding carboxylic acids is 1. The second-order valence-corrected chi connectivity index (χ2v) is 8.82. The van der Waals surface area contributed by atoms with Gasteiger partial charge in [-0.1, -0.05) is 24.3 Å². The number of pyridine rings is 1. The van der Waals surface area contributed by atoms with Crippen LogP contribution in [0.5, 0.6) is 0 Å². The SMILES string of the molecule is O=C(c1ccc(CSc2ccccc2)o1)N1CC2CC(C1)c1cccc(=O)n1C2. The molecule has 4 heterocycles. The summed E-state index contributed by atoms with van der Waals surface area (Å²) in [6.45, 7) is 1.99. The maximum atomic E-state index is 13.1. The first-order valence-corrected chi connectivity index (χ1v) is 10.9. The number of amides is 1. The van der Waals surface area contributed by atoms with Crippen molar-refractivity contribution in [2.75, 3.05) is 13.1 Å². The summed E-state index contributed by atoms with van der Waals surface area (Å²) in [4.78, 5) is 28.3. The molecule has 3 aromatic rings. The smallest absolute Gasteiger partial charge is 0.289 e. The molecule has 148 valence electrons. The molecule has 2 aliphatic heterocycles. The van der Waals surface area contributed by atoms with Gasteiger partial charge in [0.25, 0.3) is 11.5 Å². The predicted molar refractivity (Wildman–Crippen MR) is 112 cm³/mol. The second kappa shape index (κ2) is 7.59. The Morgan fingerprint density at radius 3 is 2.72 bits per heavy atom. The minimum Gasteiger partial charge on any atom is -0.455 e. The molecule has 2 unspecified atom stereocenters. The van der Waals surface area contributed by atoms with E-state index in [0.717, 1.165) is 17.9 Å². The molecule has 1 fully saturated rings. The summed E-state index contributed by atoms with van der Waals surface area (Å²) in [5.41, 5.74) is 1.11. The summed E-state index contributed by atoms with van der Waals surface area (Å²) < 4.78 is 7.75. The van der Waals surface area contributed by atoms with Crippen LogP contribution in [-0.2, 0) is 12.3 Å². The number of furan rings is 1. The molecule has 0 aliphatic carbocycles. The fraction of sp³-hybridized carbons (Fsp3) is 0.304. The lowest BCUT2D eigenvalue weighted by Gasteiger charge is -2.42. The van der Waals surface area contributed by atoms with E-state index in [4.69, 9.17) is 4.42 Å². The van der Waals surface area contributed by atoms with Crippen LogP contribution in [0.25, 0.3) is 0 Å². The minimum absolute atomic E-state index is 0.0533. The fourth-order valence-electron chi connectivity index (χ4n) is 4.46. The standard InChI is InChI=1S/C23H22N2O3S/c26-22-8-4-7-20-17-11-16(13-25(20)22)12-24(14-17)23(27)21-10-9-18(28-21)15-29-19-5-2-1-3-6-19/h1-10,16-17H,11-15H2. The van der Waals surface area contributed by atoms with Gasteiger partial charge in [0.15, 0.2) is 5.76 Å². The van der Waals surface area contributed by atoms with Crippen LogP contribution in [0.3, 0.4) is 0 Å². The number of carbonyl (C=O) groups is 1. The first-order chi connectivity index (χ1) is 14.2. The lowest BCUT2D eigenvalue weighted by molar-refractivity contribution is 0.0562.